The molecule has 0 radical (unpaired) electrons. The van der Waals surface area contributed by atoms with Crippen molar-refractivity contribution in [3.63, 3.8) is 0 Å². The second kappa shape index (κ2) is 7.26. The fourth-order valence-electron chi connectivity index (χ4n) is 2.66. The summed E-state index contributed by atoms with van der Waals surface area (Å²) in [6.45, 7) is 0. The Balaban J connectivity index is 1.53. The van der Waals surface area contributed by atoms with Gasteiger partial charge in [0.2, 0.25) is 0 Å². The van der Waals surface area contributed by atoms with Crippen LogP contribution in [0.3, 0.4) is 0 Å². The van der Waals surface area contributed by atoms with E-state index < -0.39 is 6.03 Å². The van der Waals surface area contributed by atoms with E-state index in [0.717, 1.165) is 16.6 Å². The van der Waals surface area contributed by atoms with Crippen LogP contribution < -0.4 is 10.6 Å². The zero-order chi connectivity index (χ0) is 18.8. The van der Waals surface area contributed by atoms with E-state index in [0.29, 0.717) is 11.5 Å². The first-order valence-corrected chi connectivity index (χ1v) is 8.78. The number of rotatable bonds is 3. The maximum Gasteiger partial charge on any atom is 0.324 e. The van der Waals surface area contributed by atoms with E-state index in [1.165, 1.54) is 12.1 Å². The molecule has 1 aromatic carbocycles. The number of aromatic nitrogens is 3. The summed E-state index contributed by atoms with van der Waals surface area (Å²) in [6.07, 6.45) is 1.91. The van der Waals surface area contributed by atoms with Gasteiger partial charge in [0.05, 0.1) is 5.52 Å². The number of anilines is 2. The molecule has 2 N–H and O–H groups in total. The van der Waals surface area contributed by atoms with Crippen LogP contribution in [0.1, 0.15) is 0 Å². The van der Waals surface area contributed by atoms with Crippen molar-refractivity contribution in [3.05, 3.63) is 77.2 Å². The fourth-order valence-corrected chi connectivity index (χ4v) is 3.13. The van der Waals surface area contributed by atoms with E-state index in [1.54, 1.807) is 10.6 Å². The van der Waals surface area contributed by atoms with Crippen LogP contribution in [0.5, 0.6) is 0 Å². The van der Waals surface area contributed by atoms with Crippen LogP contribution in [0.25, 0.3) is 16.6 Å². The Bertz CT molecular complexity index is 1110. The molecule has 134 valence electrons. The largest absolute Gasteiger partial charge is 0.324 e. The maximum absolute atomic E-state index is 12.2. The summed E-state index contributed by atoms with van der Waals surface area (Å²) in [5.74, 6) is 0.420. The van der Waals surface area contributed by atoms with Crippen molar-refractivity contribution < 1.29 is 4.79 Å². The van der Waals surface area contributed by atoms with Gasteiger partial charge in [-0.15, -0.1) is 5.10 Å². The number of benzene rings is 1. The van der Waals surface area contributed by atoms with Gasteiger partial charge in [0.15, 0.2) is 5.82 Å². The second-order valence-corrected chi connectivity index (χ2v) is 6.54. The van der Waals surface area contributed by atoms with Crippen molar-refractivity contribution in [2.75, 3.05) is 10.6 Å². The summed E-state index contributed by atoms with van der Waals surface area (Å²) < 4.78 is 1.72. The Labute approximate surface area is 164 Å². The molecule has 0 aliphatic heterocycles. The van der Waals surface area contributed by atoms with Crippen LogP contribution in [0.4, 0.5) is 16.3 Å². The van der Waals surface area contributed by atoms with Gasteiger partial charge in [-0.3, -0.25) is 5.32 Å². The number of nitrogens with zero attached hydrogens (tertiary/aromatic N) is 3. The molecule has 0 spiro atoms. The summed E-state index contributed by atoms with van der Waals surface area (Å²) in [4.78, 5) is 16.0. The van der Waals surface area contributed by atoms with E-state index in [2.05, 4.69) is 20.7 Å². The predicted octanol–water partition coefficient (Wildman–Crippen LogP) is 5.35. The van der Waals surface area contributed by atoms with Gasteiger partial charge in [-0.1, -0.05) is 59.6 Å². The van der Waals surface area contributed by atoms with Crippen molar-refractivity contribution in [2.45, 2.75) is 0 Å². The van der Waals surface area contributed by atoms with Crippen molar-refractivity contribution in [1.82, 2.24) is 14.6 Å². The lowest BCUT2D eigenvalue weighted by Crippen LogP contribution is -2.19. The monoisotopic (exact) mass is 397 g/mol. The van der Waals surface area contributed by atoms with Gasteiger partial charge >= 0.3 is 6.03 Å². The highest BCUT2D eigenvalue weighted by Crippen LogP contribution is 2.22. The summed E-state index contributed by atoms with van der Waals surface area (Å²) in [5.41, 5.74) is 3.42. The quantitative estimate of drug-likeness (QED) is 0.457. The highest BCUT2D eigenvalue weighted by atomic mass is 35.5. The molecule has 0 bridgehead atoms. The highest BCUT2D eigenvalue weighted by molar-refractivity contribution is 6.33. The minimum atomic E-state index is -0.458. The average Bonchev–Trinajstić information content (AvgIpc) is 3.02. The minimum absolute atomic E-state index is 0.193. The third-order valence-corrected chi connectivity index (χ3v) is 4.22. The third kappa shape index (κ3) is 4.02. The van der Waals surface area contributed by atoms with E-state index in [9.17, 15) is 4.79 Å². The third-order valence-electron chi connectivity index (χ3n) is 3.83. The molecule has 8 heteroatoms. The molecule has 3 aromatic heterocycles. The Hall–Kier alpha value is -3.09. The molecule has 0 unspecified atom stereocenters. The van der Waals surface area contributed by atoms with Gasteiger partial charge in [0.1, 0.15) is 10.3 Å². The normalized spacial score (nSPS) is 10.7. The fraction of sp³-hybridized carbons (Fsp3) is 0. The number of carbonyl (C=O) groups is 1. The first kappa shape index (κ1) is 17.3. The molecule has 3 heterocycles. The van der Waals surface area contributed by atoms with Crippen LogP contribution in [-0.2, 0) is 0 Å². The molecule has 0 saturated carbocycles. The van der Waals surface area contributed by atoms with E-state index >= 15 is 0 Å². The maximum atomic E-state index is 12.2. The zero-order valence-corrected chi connectivity index (χ0v) is 15.4. The number of pyridine rings is 2. The molecule has 0 aliphatic rings. The number of carbonyl (C=O) groups excluding carboxylic acids is 1. The molecule has 27 heavy (non-hydrogen) atoms. The van der Waals surface area contributed by atoms with Crippen LogP contribution in [-0.4, -0.2) is 20.6 Å². The zero-order valence-electron chi connectivity index (χ0n) is 13.9. The molecule has 4 aromatic rings. The van der Waals surface area contributed by atoms with Gasteiger partial charge in [-0.2, -0.15) is 0 Å². The second-order valence-electron chi connectivity index (χ2n) is 5.76. The van der Waals surface area contributed by atoms with Crippen molar-refractivity contribution >= 4 is 46.3 Å². The lowest BCUT2D eigenvalue weighted by molar-refractivity contribution is 0.262. The summed E-state index contributed by atoms with van der Waals surface area (Å²) in [5, 5.41) is 10.1. The number of hydrogen-bond donors (Lipinski definition) is 2. The molecule has 0 aliphatic carbocycles. The van der Waals surface area contributed by atoms with Crippen LogP contribution in [0, 0.1) is 0 Å². The molecular formula is C19H13Cl2N5O. The number of amides is 2. The van der Waals surface area contributed by atoms with Crippen LogP contribution in [0.15, 0.2) is 66.9 Å². The first-order valence-electron chi connectivity index (χ1n) is 8.03. The first-order chi connectivity index (χ1) is 13.1. The Morgan fingerprint density at radius 1 is 0.889 bits per heavy atom. The molecule has 0 fully saturated rings. The number of halogens is 2. The van der Waals surface area contributed by atoms with Gasteiger partial charge < -0.3 is 5.32 Å². The Morgan fingerprint density at radius 3 is 2.37 bits per heavy atom. The molecular weight excluding hydrogens is 385 g/mol. The summed E-state index contributed by atoms with van der Waals surface area (Å²) in [6, 6.07) is 18.3. The highest BCUT2D eigenvalue weighted by Gasteiger charge is 2.09. The van der Waals surface area contributed by atoms with E-state index in [1.807, 2.05) is 48.7 Å². The Morgan fingerprint density at radius 2 is 1.63 bits per heavy atom. The standard InChI is InChI=1S/C19H13Cl2N5O/c20-16-8-14(9-17(21)23-16)22-19(27)24-18-10-15-7-6-13(11-26(15)25-18)12-4-2-1-3-5-12/h1-11H,(H2,22,23,24,25,27). The Kier molecular flexibility index (Phi) is 4.66. The van der Waals surface area contributed by atoms with E-state index in [4.69, 9.17) is 23.2 Å². The van der Waals surface area contributed by atoms with Crippen molar-refractivity contribution in [3.8, 4) is 11.1 Å². The average molecular weight is 398 g/mol. The lowest BCUT2D eigenvalue weighted by Gasteiger charge is -2.06. The van der Waals surface area contributed by atoms with Crippen molar-refractivity contribution in [1.29, 1.82) is 0 Å². The van der Waals surface area contributed by atoms with Crippen LogP contribution >= 0.6 is 23.2 Å². The van der Waals surface area contributed by atoms with Gasteiger partial charge in [-0.05, 0) is 23.8 Å². The molecule has 6 nitrogen and oxygen atoms in total. The van der Waals surface area contributed by atoms with Gasteiger partial charge in [-0.25, -0.2) is 14.3 Å². The molecule has 2 amide bonds. The lowest BCUT2D eigenvalue weighted by atomic mass is 10.1. The molecule has 0 saturated heterocycles. The molecule has 4 rings (SSSR count). The topological polar surface area (TPSA) is 71.3 Å². The molecule has 0 atom stereocenters. The summed E-state index contributed by atoms with van der Waals surface area (Å²) in [7, 11) is 0. The number of nitrogens with one attached hydrogen (secondary N) is 2. The van der Waals surface area contributed by atoms with Crippen molar-refractivity contribution in [2.24, 2.45) is 0 Å². The van der Waals surface area contributed by atoms with E-state index in [-0.39, 0.29) is 10.3 Å². The minimum Gasteiger partial charge on any atom is -0.307 e. The van der Waals surface area contributed by atoms with Gasteiger partial charge in [0.25, 0.3) is 0 Å². The van der Waals surface area contributed by atoms with Gasteiger partial charge in [0, 0.05) is 23.5 Å². The SMILES string of the molecule is O=C(Nc1cc(Cl)nc(Cl)c1)Nc1cc2ccc(-c3ccccc3)cn2n1. The number of hydrogen-bond acceptors (Lipinski definition) is 3. The predicted molar refractivity (Wildman–Crippen MR) is 108 cm³/mol. The number of fused-ring (bicyclic) bond motifs is 1. The number of urea groups is 1. The summed E-state index contributed by atoms with van der Waals surface area (Å²) >= 11 is 11.7. The van der Waals surface area contributed by atoms with Crippen LogP contribution in [0.2, 0.25) is 10.3 Å². The smallest absolute Gasteiger partial charge is 0.307 e.